The van der Waals surface area contributed by atoms with E-state index in [1.54, 1.807) is 0 Å². The van der Waals surface area contributed by atoms with Crippen molar-refractivity contribution < 1.29 is 9.53 Å². The zero-order valence-corrected chi connectivity index (χ0v) is 8.66. The molecule has 2 atom stereocenters. The van der Waals surface area contributed by atoms with Gasteiger partial charge in [-0.15, -0.1) is 0 Å². The van der Waals surface area contributed by atoms with Gasteiger partial charge in [-0.3, -0.25) is 10.1 Å². The molecule has 2 aliphatic rings. The van der Waals surface area contributed by atoms with Crippen molar-refractivity contribution in [2.75, 3.05) is 26.4 Å². The summed E-state index contributed by atoms with van der Waals surface area (Å²) in [4.78, 5) is 13.3. The average Bonchev–Trinajstić information content (AvgIpc) is 2.52. The molecule has 2 saturated heterocycles. The monoisotopic (exact) mass is 198 g/mol. The minimum Gasteiger partial charge on any atom is -0.378 e. The van der Waals surface area contributed by atoms with Crippen LogP contribution in [0.2, 0.25) is 0 Å². The highest BCUT2D eigenvalue weighted by molar-refractivity contribution is 5.79. The summed E-state index contributed by atoms with van der Waals surface area (Å²) >= 11 is 0. The Balaban J connectivity index is 1.81. The summed E-state index contributed by atoms with van der Waals surface area (Å²) in [6.07, 6.45) is 2.54. The lowest BCUT2D eigenvalue weighted by molar-refractivity contribution is -0.127. The normalized spacial score (nSPS) is 33.8. The van der Waals surface area contributed by atoms with Crippen molar-refractivity contribution in [1.82, 2.24) is 10.2 Å². The first-order chi connectivity index (χ1) is 6.75. The Hall–Kier alpha value is -0.610. The van der Waals surface area contributed by atoms with Gasteiger partial charge in [0.15, 0.2) is 0 Å². The largest absolute Gasteiger partial charge is 0.378 e. The lowest BCUT2D eigenvalue weighted by Gasteiger charge is -2.30. The van der Waals surface area contributed by atoms with Crippen LogP contribution in [0.3, 0.4) is 0 Å². The third-order valence-corrected chi connectivity index (χ3v) is 3.00. The molecular weight excluding hydrogens is 180 g/mol. The molecule has 80 valence electrons. The molecule has 4 heteroatoms. The Kier molecular flexibility index (Phi) is 3.03. The van der Waals surface area contributed by atoms with E-state index in [4.69, 9.17) is 4.74 Å². The van der Waals surface area contributed by atoms with Crippen LogP contribution in [0.25, 0.3) is 0 Å². The van der Waals surface area contributed by atoms with E-state index in [9.17, 15) is 4.79 Å². The molecule has 2 heterocycles. The van der Waals surface area contributed by atoms with E-state index in [-0.39, 0.29) is 5.91 Å². The van der Waals surface area contributed by atoms with E-state index >= 15 is 0 Å². The van der Waals surface area contributed by atoms with Gasteiger partial charge in [-0.25, -0.2) is 0 Å². The second kappa shape index (κ2) is 4.28. The topological polar surface area (TPSA) is 41.6 Å². The number of hydrogen-bond acceptors (Lipinski definition) is 3. The van der Waals surface area contributed by atoms with Crippen LogP contribution in [0.4, 0.5) is 0 Å². The smallest absolute Gasteiger partial charge is 0.237 e. The van der Waals surface area contributed by atoms with Gasteiger partial charge in [0.05, 0.1) is 19.3 Å². The second-order valence-corrected chi connectivity index (χ2v) is 4.27. The van der Waals surface area contributed by atoms with Gasteiger partial charge in [0.25, 0.3) is 0 Å². The Morgan fingerprint density at radius 2 is 2.50 bits per heavy atom. The van der Waals surface area contributed by atoms with Crippen molar-refractivity contribution >= 4 is 5.91 Å². The first-order valence-electron chi connectivity index (χ1n) is 5.36. The second-order valence-electron chi connectivity index (χ2n) is 4.27. The lowest BCUT2D eigenvalue weighted by Crippen LogP contribution is -2.36. The SMILES string of the molecule is CC1CC(CN2CNCC2=O)CCO1. The van der Waals surface area contributed by atoms with E-state index < -0.39 is 0 Å². The van der Waals surface area contributed by atoms with Gasteiger partial charge in [-0.2, -0.15) is 0 Å². The molecule has 2 fully saturated rings. The molecule has 1 amide bonds. The molecule has 0 aromatic rings. The molecule has 0 saturated carbocycles. The molecule has 14 heavy (non-hydrogen) atoms. The van der Waals surface area contributed by atoms with Crippen molar-refractivity contribution in [1.29, 1.82) is 0 Å². The molecular formula is C10H18N2O2. The third-order valence-electron chi connectivity index (χ3n) is 3.00. The first-order valence-corrected chi connectivity index (χ1v) is 5.36. The summed E-state index contributed by atoms with van der Waals surface area (Å²) in [6, 6.07) is 0. The fraction of sp³-hybridized carbons (Fsp3) is 0.900. The minimum absolute atomic E-state index is 0.240. The molecule has 4 nitrogen and oxygen atoms in total. The van der Waals surface area contributed by atoms with Crippen molar-refractivity contribution in [3.63, 3.8) is 0 Å². The summed E-state index contributed by atoms with van der Waals surface area (Å²) in [6.45, 7) is 5.10. The highest BCUT2D eigenvalue weighted by Gasteiger charge is 2.26. The van der Waals surface area contributed by atoms with Crippen molar-refractivity contribution in [2.45, 2.75) is 25.9 Å². The van der Waals surface area contributed by atoms with Crippen LogP contribution in [0.1, 0.15) is 19.8 Å². The maximum atomic E-state index is 11.4. The molecule has 0 radical (unpaired) electrons. The van der Waals surface area contributed by atoms with E-state index in [2.05, 4.69) is 12.2 Å². The van der Waals surface area contributed by atoms with Crippen molar-refractivity contribution in [2.24, 2.45) is 5.92 Å². The van der Waals surface area contributed by atoms with Crippen LogP contribution < -0.4 is 5.32 Å². The number of nitrogens with one attached hydrogen (secondary N) is 1. The number of amides is 1. The molecule has 2 unspecified atom stereocenters. The minimum atomic E-state index is 0.240. The summed E-state index contributed by atoms with van der Waals surface area (Å²) in [5.41, 5.74) is 0. The van der Waals surface area contributed by atoms with Gasteiger partial charge in [0.2, 0.25) is 5.91 Å². The predicted molar refractivity (Wildman–Crippen MR) is 52.7 cm³/mol. The predicted octanol–water partition coefficient (Wildman–Crippen LogP) is 0.191. The van der Waals surface area contributed by atoms with E-state index in [1.807, 2.05) is 4.90 Å². The van der Waals surface area contributed by atoms with Crippen LogP contribution in [-0.4, -0.2) is 43.3 Å². The van der Waals surface area contributed by atoms with E-state index in [1.165, 1.54) is 0 Å². The van der Waals surface area contributed by atoms with Gasteiger partial charge in [-0.05, 0) is 25.7 Å². The molecule has 0 aliphatic carbocycles. The van der Waals surface area contributed by atoms with Gasteiger partial charge < -0.3 is 9.64 Å². The quantitative estimate of drug-likeness (QED) is 0.688. The third kappa shape index (κ3) is 2.25. The number of carbonyl (C=O) groups excluding carboxylic acids is 1. The Morgan fingerprint density at radius 3 is 3.14 bits per heavy atom. The molecule has 0 aromatic carbocycles. The number of rotatable bonds is 2. The summed E-state index contributed by atoms with van der Waals surface area (Å²) in [5, 5.41) is 3.07. The molecule has 1 N–H and O–H groups in total. The maximum Gasteiger partial charge on any atom is 0.237 e. The Labute approximate surface area is 84.6 Å². The highest BCUT2D eigenvalue weighted by Crippen LogP contribution is 2.21. The number of carbonyl (C=O) groups is 1. The van der Waals surface area contributed by atoms with Crippen LogP contribution in [0, 0.1) is 5.92 Å². The Morgan fingerprint density at radius 1 is 1.64 bits per heavy atom. The molecule has 0 bridgehead atoms. The van der Waals surface area contributed by atoms with Gasteiger partial charge in [0, 0.05) is 13.2 Å². The standard InChI is InChI=1S/C10H18N2O2/c1-8-4-9(2-3-14-8)6-12-7-11-5-10(12)13/h8-9,11H,2-7H2,1H3. The van der Waals surface area contributed by atoms with E-state index in [0.717, 1.165) is 32.7 Å². The van der Waals surface area contributed by atoms with Crippen molar-refractivity contribution in [3.05, 3.63) is 0 Å². The molecule has 2 rings (SSSR count). The number of hydrogen-bond donors (Lipinski definition) is 1. The highest BCUT2D eigenvalue weighted by atomic mass is 16.5. The van der Waals surface area contributed by atoms with Crippen LogP contribution in [-0.2, 0) is 9.53 Å². The van der Waals surface area contributed by atoms with Crippen LogP contribution in [0.15, 0.2) is 0 Å². The van der Waals surface area contributed by atoms with Crippen molar-refractivity contribution in [3.8, 4) is 0 Å². The molecule has 0 spiro atoms. The lowest BCUT2D eigenvalue weighted by atomic mass is 9.96. The Bertz CT molecular complexity index is 220. The average molecular weight is 198 g/mol. The first kappa shape index (κ1) is 9.93. The maximum absolute atomic E-state index is 11.4. The number of ether oxygens (including phenoxy) is 1. The number of nitrogens with zero attached hydrogens (tertiary/aromatic N) is 1. The van der Waals surface area contributed by atoms with Gasteiger partial charge >= 0.3 is 0 Å². The summed E-state index contributed by atoms with van der Waals surface area (Å²) in [5.74, 6) is 0.867. The summed E-state index contributed by atoms with van der Waals surface area (Å²) < 4.78 is 5.48. The zero-order valence-electron chi connectivity index (χ0n) is 8.66. The van der Waals surface area contributed by atoms with Gasteiger partial charge in [0.1, 0.15) is 0 Å². The van der Waals surface area contributed by atoms with Crippen LogP contribution >= 0.6 is 0 Å². The zero-order chi connectivity index (χ0) is 9.97. The fourth-order valence-corrected chi connectivity index (χ4v) is 2.23. The van der Waals surface area contributed by atoms with E-state index in [0.29, 0.717) is 18.6 Å². The van der Waals surface area contributed by atoms with Gasteiger partial charge in [-0.1, -0.05) is 0 Å². The fourth-order valence-electron chi connectivity index (χ4n) is 2.23. The molecule has 0 aromatic heterocycles. The molecule has 2 aliphatic heterocycles. The van der Waals surface area contributed by atoms with Crippen LogP contribution in [0.5, 0.6) is 0 Å². The summed E-state index contributed by atoms with van der Waals surface area (Å²) in [7, 11) is 0.